The quantitative estimate of drug-likeness (QED) is 0.910. The van der Waals surface area contributed by atoms with Crippen LogP contribution in [0.3, 0.4) is 0 Å². The highest BCUT2D eigenvalue weighted by Gasteiger charge is 2.24. The van der Waals surface area contributed by atoms with Gasteiger partial charge in [0, 0.05) is 30.6 Å². The van der Waals surface area contributed by atoms with E-state index in [1.54, 1.807) is 6.07 Å². The van der Waals surface area contributed by atoms with E-state index in [4.69, 9.17) is 5.26 Å². The number of hydrogen-bond acceptors (Lipinski definition) is 3. The first-order valence-electron chi connectivity index (χ1n) is 7.79. The monoisotopic (exact) mass is 305 g/mol. The van der Waals surface area contributed by atoms with Gasteiger partial charge >= 0.3 is 0 Å². The lowest BCUT2D eigenvalue weighted by atomic mass is 9.90. The van der Waals surface area contributed by atoms with E-state index in [1.807, 2.05) is 36.4 Å². The first kappa shape index (κ1) is 15.3. The van der Waals surface area contributed by atoms with Crippen molar-refractivity contribution in [2.75, 3.05) is 11.9 Å². The molecule has 0 saturated carbocycles. The number of para-hydroxylation sites is 1. The molecule has 1 aliphatic heterocycles. The Balaban J connectivity index is 1.71. The van der Waals surface area contributed by atoms with Gasteiger partial charge in [-0.25, -0.2) is 0 Å². The molecule has 1 amide bonds. The largest absolute Gasteiger partial charge is 0.326 e. The van der Waals surface area contributed by atoms with Crippen molar-refractivity contribution in [3.05, 3.63) is 65.2 Å². The van der Waals surface area contributed by atoms with Crippen molar-refractivity contribution in [1.82, 2.24) is 5.32 Å². The van der Waals surface area contributed by atoms with E-state index in [0.29, 0.717) is 12.0 Å². The van der Waals surface area contributed by atoms with Gasteiger partial charge in [-0.1, -0.05) is 30.3 Å². The number of benzene rings is 2. The molecule has 0 bridgehead atoms. The Hall–Kier alpha value is -2.64. The number of nitrogens with zero attached hydrogens (tertiary/aromatic N) is 1. The predicted molar refractivity (Wildman–Crippen MR) is 90.0 cm³/mol. The topological polar surface area (TPSA) is 64.9 Å². The molecule has 2 aromatic carbocycles. The van der Waals surface area contributed by atoms with Crippen molar-refractivity contribution in [2.24, 2.45) is 0 Å². The molecule has 0 aliphatic carbocycles. The maximum absolute atomic E-state index is 11.9. The van der Waals surface area contributed by atoms with Crippen molar-refractivity contribution < 1.29 is 4.79 Å². The van der Waals surface area contributed by atoms with Crippen molar-refractivity contribution in [3.63, 3.8) is 0 Å². The van der Waals surface area contributed by atoms with Gasteiger partial charge in [0.2, 0.25) is 5.91 Å². The van der Waals surface area contributed by atoms with Crippen LogP contribution in [0.2, 0.25) is 0 Å². The zero-order valence-electron chi connectivity index (χ0n) is 13.0. The molecule has 2 atom stereocenters. The Bertz CT molecular complexity index is 763. The fourth-order valence-electron chi connectivity index (χ4n) is 3.00. The first-order chi connectivity index (χ1) is 11.2. The molecular weight excluding hydrogens is 286 g/mol. The highest BCUT2D eigenvalue weighted by molar-refractivity contribution is 5.94. The summed E-state index contributed by atoms with van der Waals surface area (Å²) in [5.74, 6) is 0.233. The predicted octanol–water partition coefficient (Wildman–Crippen LogP) is 3.33. The molecule has 4 heteroatoms. The van der Waals surface area contributed by atoms with Gasteiger partial charge in [0.05, 0.1) is 11.6 Å². The third-order valence-corrected chi connectivity index (χ3v) is 4.29. The summed E-state index contributed by atoms with van der Waals surface area (Å²) in [6.45, 7) is 2.80. The van der Waals surface area contributed by atoms with Gasteiger partial charge in [-0.2, -0.15) is 5.26 Å². The number of carbonyl (C=O) groups excluding carboxylic acids is 1. The van der Waals surface area contributed by atoms with Crippen LogP contribution >= 0.6 is 0 Å². The van der Waals surface area contributed by atoms with Crippen LogP contribution in [0.1, 0.15) is 42.0 Å². The second kappa shape index (κ2) is 6.64. The number of hydrogen-bond donors (Lipinski definition) is 2. The van der Waals surface area contributed by atoms with Gasteiger partial charge in [0.15, 0.2) is 0 Å². The minimum atomic E-state index is 0.0645. The van der Waals surface area contributed by atoms with Crippen LogP contribution in [-0.2, 0) is 4.79 Å². The van der Waals surface area contributed by atoms with E-state index < -0.39 is 0 Å². The number of fused-ring (bicyclic) bond motifs is 1. The van der Waals surface area contributed by atoms with Gasteiger partial charge in [-0.05, 0) is 36.2 Å². The minimum Gasteiger partial charge on any atom is -0.326 e. The third kappa shape index (κ3) is 3.41. The first-order valence-corrected chi connectivity index (χ1v) is 7.79. The molecule has 1 heterocycles. The van der Waals surface area contributed by atoms with Crippen molar-refractivity contribution in [1.29, 1.82) is 5.26 Å². The number of amides is 1. The number of nitriles is 1. The van der Waals surface area contributed by atoms with Crippen LogP contribution in [0.5, 0.6) is 0 Å². The van der Waals surface area contributed by atoms with Crippen LogP contribution < -0.4 is 10.6 Å². The lowest BCUT2D eigenvalue weighted by molar-refractivity contribution is -0.116. The van der Waals surface area contributed by atoms with E-state index in [1.165, 1.54) is 5.56 Å². The summed E-state index contributed by atoms with van der Waals surface area (Å²) in [5, 5.41) is 15.4. The molecule has 4 nitrogen and oxygen atoms in total. The van der Waals surface area contributed by atoms with Gasteiger partial charge in [0.1, 0.15) is 0 Å². The molecule has 2 aromatic rings. The molecule has 0 fully saturated rings. The van der Waals surface area contributed by atoms with Crippen LogP contribution in [0.4, 0.5) is 5.69 Å². The van der Waals surface area contributed by atoms with Crippen LogP contribution in [0.15, 0.2) is 48.5 Å². The third-order valence-electron chi connectivity index (χ3n) is 4.29. The summed E-state index contributed by atoms with van der Waals surface area (Å²) in [4.78, 5) is 11.9. The Morgan fingerprint density at radius 2 is 2.13 bits per heavy atom. The maximum atomic E-state index is 11.9. The molecule has 1 aliphatic rings. The molecule has 0 radical (unpaired) electrons. The summed E-state index contributed by atoms with van der Waals surface area (Å²) in [5.41, 5.74) is 3.84. The second-order valence-corrected chi connectivity index (χ2v) is 5.90. The summed E-state index contributed by atoms with van der Waals surface area (Å²) in [7, 11) is 0. The molecule has 3 rings (SSSR count). The van der Waals surface area contributed by atoms with Gasteiger partial charge in [0.25, 0.3) is 0 Å². The van der Waals surface area contributed by atoms with Crippen LogP contribution in [0.25, 0.3) is 0 Å². The van der Waals surface area contributed by atoms with E-state index >= 15 is 0 Å². The Labute approximate surface area is 136 Å². The molecule has 0 spiro atoms. The average Bonchev–Trinajstić information content (AvgIpc) is 2.59. The van der Waals surface area contributed by atoms with Gasteiger partial charge in [-0.3, -0.25) is 4.79 Å². The Kier molecular flexibility index (Phi) is 4.40. The zero-order valence-corrected chi connectivity index (χ0v) is 13.0. The smallest absolute Gasteiger partial charge is 0.225 e. The molecule has 0 saturated heterocycles. The van der Waals surface area contributed by atoms with E-state index in [2.05, 4.69) is 29.7 Å². The summed E-state index contributed by atoms with van der Waals surface area (Å²) in [6, 6.07) is 17.9. The number of nitrogens with one attached hydrogen (secondary N) is 2. The highest BCUT2D eigenvalue weighted by atomic mass is 16.1. The van der Waals surface area contributed by atoms with Crippen LogP contribution in [-0.4, -0.2) is 12.5 Å². The molecule has 0 aromatic heterocycles. The van der Waals surface area contributed by atoms with Gasteiger partial charge < -0.3 is 10.6 Å². The Morgan fingerprint density at radius 3 is 2.96 bits per heavy atom. The maximum Gasteiger partial charge on any atom is 0.225 e. The number of anilines is 1. The van der Waals surface area contributed by atoms with Gasteiger partial charge in [-0.15, -0.1) is 0 Å². The molecule has 0 unspecified atom stereocenters. The Morgan fingerprint density at radius 1 is 1.30 bits per heavy atom. The molecular formula is C19H19N3O. The SMILES string of the molecule is C[C@@H](NC[C@H]1CC(=O)Nc2ccccc21)c1cccc(C#N)c1. The van der Waals surface area contributed by atoms with Crippen molar-refractivity contribution >= 4 is 11.6 Å². The van der Waals surface area contributed by atoms with Crippen molar-refractivity contribution in [2.45, 2.75) is 25.3 Å². The minimum absolute atomic E-state index is 0.0645. The average molecular weight is 305 g/mol. The fraction of sp³-hybridized carbons (Fsp3) is 0.263. The van der Waals surface area contributed by atoms with E-state index in [9.17, 15) is 4.79 Å². The second-order valence-electron chi connectivity index (χ2n) is 5.90. The lowest BCUT2D eigenvalue weighted by Crippen LogP contribution is -2.31. The molecule has 23 heavy (non-hydrogen) atoms. The summed E-state index contributed by atoms with van der Waals surface area (Å²) in [6.07, 6.45) is 0.495. The normalized spacial score (nSPS) is 17.7. The number of rotatable bonds is 4. The molecule has 2 N–H and O–H groups in total. The summed E-state index contributed by atoms with van der Waals surface area (Å²) >= 11 is 0. The molecule has 116 valence electrons. The van der Waals surface area contributed by atoms with E-state index in [0.717, 1.165) is 17.8 Å². The number of carbonyl (C=O) groups is 1. The van der Waals surface area contributed by atoms with E-state index in [-0.39, 0.29) is 17.9 Å². The van der Waals surface area contributed by atoms with Crippen molar-refractivity contribution in [3.8, 4) is 6.07 Å². The lowest BCUT2D eigenvalue weighted by Gasteiger charge is -2.27. The fourth-order valence-corrected chi connectivity index (χ4v) is 3.00. The standard InChI is InChI=1S/C19H19N3O/c1-13(15-6-4-5-14(9-15)11-20)21-12-16-10-19(23)22-18-8-3-2-7-17(16)18/h2-9,13,16,21H,10,12H2,1H3,(H,22,23)/t13-,16-/m1/s1. The highest BCUT2D eigenvalue weighted by Crippen LogP contribution is 2.31. The summed E-state index contributed by atoms with van der Waals surface area (Å²) < 4.78 is 0. The zero-order chi connectivity index (χ0) is 16.2. The van der Waals surface area contributed by atoms with Crippen LogP contribution in [0, 0.1) is 11.3 Å².